The van der Waals surface area contributed by atoms with Crippen LogP contribution in [0.2, 0.25) is 0 Å². The number of benzene rings is 1. The van der Waals surface area contributed by atoms with Crippen molar-refractivity contribution in [2.45, 2.75) is 31.9 Å². The molecule has 0 spiro atoms. The summed E-state index contributed by atoms with van der Waals surface area (Å²) in [5.41, 5.74) is 0.318. The van der Waals surface area contributed by atoms with Gasteiger partial charge >= 0.3 is 0 Å². The average molecular weight is 285 g/mol. The van der Waals surface area contributed by atoms with Crippen LogP contribution in [0.1, 0.15) is 31.4 Å². The van der Waals surface area contributed by atoms with Gasteiger partial charge in [0.05, 0.1) is 18.8 Å². The van der Waals surface area contributed by atoms with Crippen molar-refractivity contribution in [1.29, 1.82) is 0 Å². The monoisotopic (exact) mass is 285 g/mol. The largest absolute Gasteiger partial charge is 0.381 e. The zero-order chi connectivity index (χ0) is 14.4. The molecule has 1 aliphatic heterocycles. The topological polar surface area (TPSA) is 30.5 Å². The maximum absolute atomic E-state index is 13.9. The standard InChI is InChI=1S/C15H21F2NO2/c1-2-18-14(10-20-11-6-8-19-9-7-11)12-4-3-5-13(16)15(12)17/h3-5,11,14,18H,2,6-10H2,1H3. The minimum atomic E-state index is -0.823. The van der Waals surface area contributed by atoms with Crippen LogP contribution in [0.4, 0.5) is 8.78 Å². The minimum absolute atomic E-state index is 0.140. The van der Waals surface area contributed by atoms with E-state index in [1.807, 2.05) is 6.92 Å². The number of likely N-dealkylation sites (N-methyl/N-ethyl adjacent to an activating group) is 1. The molecular formula is C15H21F2NO2. The Morgan fingerprint density at radius 2 is 2.10 bits per heavy atom. The van der Waals surface area contributed by atoms with E-state index < -0.39 is 11.6 Å². The normalized spacial score (nSPS) is 18.1. The summed E-state index contributed by atoms with van der Waals surface area (Å²) in [6.07, 6.45) is 1.84. The average Bonchev–Trinajstić information content (AvgIpc) is 2.48. The van der Waals surface area contributed by atoms with Gasteiger partial charge in [-0.15, -0.1) is 0 Å². The van der Waals surface area contributed by atoms with Gasteiger partial charge in [-0.25, -0.2) is 8.78 Å². The molecule has 1 aromatic rings. The third-order valence-electron chi connectivity index (χ3n) is 3.47. The molecule has 0 aromatic heterocycles. The van der Waals surface area contributed by atoms with Gasteiger partial charge in [0.2, 0.25) is 0 Å². The predicted octanol–water partition coefficient (Wildman–Crippen LogP) is 2.81. The fourth-order valence-electron chi connectivity index (χ4n) is 2.37. The quantitative estimate of drug-likeness (QED) is 0.872. The number of ether oxygens (including phenoxy) is 2. The Balaban J connectivity index is 2.00. The number of hydrogen-bond acceptors (Lipinski definition) is 3. The lowest BCUT2D eigenvalue weighted by atomic mass is 10.1. The Morgan fingerprint density at radius 1 is 1.35 bits per heavy atom. The molecule has 1 N–H and O–H groups in total. The molecule has 0 amide bonds. The second kappa shape index (κ2) is 7.67. The number of halogens is 2. The lowest BCUT2D eigenvalue weighted by Gasteiger charge is -2.26. The lowest BCUT2D eigenvalue weighted by Crippen LogP contribution is -2.31. The highest BCUT2D eigenvalue weighted by Crippen LogP contribution is 2.21. The molecule has 5 heteroatoms. The van der Waals surface area contributed by atoms with Crippen LogP contribution in [0.25, 0.3) is 0 Å². The Bertz CT molecular complexity index is 422. The van der Waals surface area contributed by atoms with Crippen molar-refractivity contribution in [3.8, 4) is 0 Å². The van der Waals surface area contributed by atoms with Gasteiger partial charge in [0.15, 0.2) is 11.6 Å². The zero-order valence-corrected chi connectivity index (χ0v) is 11.7. The van der Waals surface area contributed by atoms with Crippen molar-refractivity contribution in [1.82, 2.24) is 5.32 Å². The van der Waals surface area contributed by atoms with Crippen molar-refractivity contribution < 1.29 is 18.3 Å². The number of hydrogen-bond donors (Lipinski definition) is 1. The van der Waals surface area contributed by atoms with Crippen molar-refractivity contribution in [3.05, 3.63) is 35.4 Å². The summed E-state index contributed by atoms with van der Waals surface area (Å²) in [7, 11) is 0. The van der Waals surface area contributed by atoms with Gasteiger partial charge in [0, 0.05) is 18.8 Å². The van der Waals surface area contributed by atoms with Crippen LogP contribution in [0, 0.1) is 11.6 Å². The fourth-order valence-corrected chi connectivity index (χ4v) is 2.37. The van der Waals surface area contributed by atoms with Crippen molar-refractivity contribution >= 4 is 0 Å². The Morgan fingerprint density at radius 3 is 2.80 bits per heavy atom. The van der Waals surface area contributed by atoms with Crippen LogP contribution in [-0.2, 0) is 9.47 Å². The van der Waals surface area contributed by atoms with Crippen LogP contribution in [0.5, 0.6) is 0 Å². The van der Waals surface area contributed by atoms with Crippen molar-refractivity contribution in [2.75, 3.05) is 26.4 Å². The highest BCUT2D eigenvalue weighted by atomic mass is 19.2. The minimum Gasteiger partial charge on any atom is -0.381 e. The summed E-state index contributed by atoms with van der Waals surface area (Å²) in [4.78, 5) is 0. The Labute approximate surface area is 118 Å². The second-order valence-electron chi connectivity index (χ2n) is 4.90. The SMILES string of the molecule is CCNC(COC1CCOCC1)c1cccc(F)c1F. The Hall–Kier alpha value is -1.04. The number of nitrogens with one attached hydrogen (secondary N) is 1. The van der Waals surface area contributed by atoms with E-state index in [0.29, 0.717) is 31.9 Å². The molecule has 0 bridgehead atoms. The molecule has 0 saturated carbocycles. The van der Waals surface area contributed by atoms with Gasteiger partial charge in [-0.3, -0.25) is 0 Å². The van der Waals surface area contributed by atoms with E-state index in [4.69, 9.17) is 9.47 Å². The number of rotatable bonds is 6. The summed E-state index contributed by atoms with van der Waals surface area (Å²) in [6, 6.07) is 3.91. The van der Waals surface area contributed by atoms with E-state index in [-0.39, 0.29) is 12.1 Å². The van der Waals surface area contributed by atoms with E-state index in [0.717, 1.165) is 18.9 Å². The predicted molar refractivity (Wildman–Crippen MR) is 72.6 cm³/mol. The molecule has 20 heavy (non-hydrogen) atoms. The van der Waals surface area contributed by atoms with Crippen molar-refractivity contribution in [3.63, 3.8) is 0 Å². The molecule has 1 heterocycles. The van der Waals surface area contributed by atoms with E-state index in [1.165, 1.54) is 6.07 Å². The third-order valence-corrected chi connectivity index (χ3v) is 3.47. The van der Waals surface area contributed by atoms with Crippen LogP contribution in [0.3, 0.4) is 0 Å². The molecule has 2 rings (SSSR count). The maximum Gasteiger partial charge on any atom is 0.163 e. The zero-order valence-electron chi connectivity index (χ0n) is 11.7. The molecular weight excluding hydrogens is 264 g/mol. The molecule has 1 atom stereocenters. The molecule has 112 valence electrons. The molecule has 1 unspecified atom stereocenters. The van der Waals surface area contributed by atoms with Gasteiger partial charge in [0.1, 0.15) is 0 Å². The highest BCUT2D eigenvalue weighted by Gasteiger charge is 2.20. The maximum atomic E-state index is 13.9. The van der Waals surface area contributed by atoms with Gasteiger partial charge < -0.3 is 14.8 Å². The molecule has 1 saturated heterocycles. The summed E-state index contributed by atoms with van der Waals surface area (Å²) in [5.74, 6) is -1.62. The summed E-state index contributed by atoms with van der Waals surface area (Å²) in [6.45, 7) is 4.32. The first-order valence-corrected chi connectivity index (χ1v) is 7.09. The van der Waals surface area contributed by atoms with Crippen LogP contribution in [0.15, 0.2) is 18.2 Å². The highest BCUT2D eigenvalue weighted by molar-refractivity contribution is 5.22. The van der Waals surface area contributed by atoms with Crippen LogP contribution < -0.4 is 5.32 Å². The molecule has 0 aliphatic carbocycles. The summed E-state index contributed by atoms with van der Waals surface area (Å²) in [5, 5.41) is 3.14. The second-order valence-corrected chi connectivity index (χ2v) is 4.90. The molecule has 1 aliphatic rings. The summed E-state index contributed by atoms with van der Waals surface area (Å²) < 4.78 is 38.2. The van der Waals surface area contributed by atoms with Gasteiger partial charge in [-0.05, 0) is 25.5 Å². The smallest absolute Gasteiger partial charge is 0.163 e. The van der Waals surface area contributed by atoms with E-state index in [2.05, 4.69) is 5.32 Å². The lowest BCUT2D eigenvalue weighted by molar-refractivity contribution is -0.0384. The molecule has 0 radical (unpaired) electrons. The first-order valence-electron chi connectivity index (χ1n) is 7.09. The first-order chi connectivity index (χ1) is 9.72. The van der Waals surface area contributed by atoms with E-state index in [1.54, 1.807) is 6.07 Å². The molecule has 1 fully saturated rings. The summed E-state index contributed by atoms with van der Waals surface area (Å²) >= 11 is 0. The van der Waals surface area contributed by atoms with Crippen molar-refractivity contribution in [2.24, 2.45) is 0 Å². The van der Waals surface area contributed by atoms with Gasteiger partial charge in [-0.1, -0.05) is 19.1 Å². The first kappa shape index (κ1) is 15.4. The van der Waals surface area contributed by atoms with E-state index in [9.17, 15) is 8.78 Å². The Kier molecular flexibility index (Phi) is 5.88. The van der Waals surface area contributed by atoms with E-state index >= 15 is 0 Å². The van der Waals surface area contributed by atoms with Gasteiger partial charge in [-0.2, -0.15) is 0 Å². The van der Waals surface area contributed by atoms with Crippen LogP contribution in [-0.4, -0.2) is 32.5 Å². The van der Waals surface area contributed by atoms with Crippen LogP contribution >= 0.6 is 0 Å². The fraction of sp³-hybridized carbons (Fsp3) is 0.600. The molecule has 3 nitrogen and oxygen atoms in total. The third kappa shape index (κ3) is 3.98. The van der Waals surface area contributed by atoms with Gasteiger partial charge in [0.25, 0.3) is 0 Å². The molecule has 1 aromatic carbocycles.